The number of nitrogens with one attached hydrogen (secondary N) is 1. The van der Waals surface area contributed by atoms with Crippen molar-refractivity contribution in [1.82, 2.24) is 5.32 Å². The van der Waals surface area contributed by atoms with Gasteiger partial charge in [0.05, 0.1) is 6.61 Å². The summed E-state index contributed by atoms with van der Waals surface area (Å²) in [6.45, 7) is 7.80. The van der Waals surface area contributed by atoms with E-state index in [0.29, 0.717) is 63.7 Å². The number of aliphatic carboxylic acids is 1. The summed E-state index contributed by atoms with van der Waals surface area (Å²) in [5, 5.41) is 12.1. The van der Waals surface area contributed by atoms with E-state index >= 15 is 0 Å². The molecular formula is C26H40F3NO8Si. The van der Waals surface area contributed by atoms with E-state index in [-0.39, 0.29) is 17.9 Å². The van der Waals surface area contributed by atoms with Gasteiger partial charge in [-0.2, -0.15) is 0 Å². The molecule has 0 bridgehead atoms. The van der Waals surface area contributed by atoms with Gasteiger partial charge in [0.2, 0.25) is 0 Å². The van der Waals surface area contributed by atoms with Crippen LogP contribution in [0.4, 0.5) is 18.0 Å². The zero-order chi connectivity index (χ0) is 29.2. The van der Waals surface area contributed by atoms with Crippen molar-refractivity contribution in [1.29, 1.82) is 0 Å². The average Bonchev–Trinajstić information content (AvgIpc) is 2.86. The van der Waals surface area contributed by atoms with Crippen LogP contribution in [0.5, 0.6) is 5.75 Å². The van der Waals surface area contributed by atoms with Crippen LogP contribution in [0.25, 0.3) is 6.08 Å². The third kappa shape index (κ3) is 15.5. The molecule has 0 aliphatic rings. The third-order valence-electron chi connectivity index (χ3n) is 5.32. The fraction of sp³-hybridized carbons (Fsp3) is 0.615. The number of hydrogen-bond acceptors (Lipinski definition) is 7. The molecule has 0 radical (unpaired) electrons. The third-order valence-corrected chi connectivity index (χ3v) is 8.48. The lowest BCUT2D eigenvalue weighted by molar-refractivity contribution is -0.274. The van der Waals surface area contributed by atoms with E-state index in [1.807, 2.05) is 20.8 Å². The lowest BCUT2D eigenvalue weighted by Crippen LogP contribution is -2.46. The number of unbranched alkanes of at least 4 members (excludes halogenated alkanes) is 3. The van der Waals surface area contributed by atoms with Crippen LogP contribution in [0.3, 0.4) is 0 Å². The summed E-state index contributed by atoms with van der Waals surface area (Å²) in [6.07, 6.45) is -0.224. The van der Waals surface area contributed by atoms with E-state index in [0.717, 1.165) is 25.0 Å². The first-order chi connectivity index (χ1) is 18.5. The number of benzene rings is 1. The van der Waals surface area contributed by atoms with E-state index in [9.17, 15) is 27.9 Å². The highest BCUT2D eigenvalue weighted by molar-refractivity contribution is 6.60. The number of halogens is 3. The van der Waals surface area contributed by atoms with Gasteiger partial charge in [-0.3, -0.25) is 0 Å². The normalized spacial score (nSPS) is 12.3. The van der Waals surface area contributed by atoms with Crippen molar-refractivity contribution in [2.75, 3.05) is 33.0 Å². The van der Waals surface area contributed by atoms with Gasteiger partial charge < -0.3 is 33.2 Å². The lowest BCUT2D eigenvalue weighted by atomic mass is 10.0. The molecule has 0 unspecified atom stereocenters. The Kier molecular flexibility index (Phi) is 16.4. The molecule has 39 heavy (non-hydrogen) atoms. The summed E-state index contributed by atoms with van der Waals surface area (Å²) in [5.74, 6) is -1.46. The number of alkyl halides is 3. The molecule has 9 nitrogen and oxygen atoms in total. The Morgan fingerprint density at radius 3 is 2.05 bits per heavy atom. The van der Waals surface area contributed by atoms with Crippen LogP contribution >= 0.6 is 0 Å². The van der Waals surface area contributed by atoms with Crippen molar-refractivity contribution in [3.05, 3.63) is 35.4 Å². The summed E-state index contributed by atoms with van der Waals surface area (Å²) in [5.41, 5.74) is 0.614. The number of ether oxygens (including phenoxy) is 2. The molecule has 0 aliphatic carbocycles. The monoisotopic (exact) mass is 579 g/mol. The second-order valence-corrected chi connectivity index (χ2v) is 11.1. The summed E-state index contributed by atoms with van der Waals surface area (Å²) in [7, 11) is -2.73. The van der Waals surface area contributed by atoms with E-state index < -0.39 is 27.2 Å². The van der Waals surface area contributed by atoms with Gasteiger partial charge in [-0.05, 0) is 70.2 Å². The summed E-state index contributed by atoms with van der Waals surface area (Å²) in [6, 6.07) is 5.58. The molecule has 0 saturated heterocycles. The summed E-state index contributed by atoms with van der Waals surface area (Å²) >= 11 is 0. The molecule has 0 aliphatic heterocycles. The molecule has 13 heteroatoms. The Morgan fingerprint density at radius 1 is 0.923 bits per heavy atom. The smallest absolute Gasteiger partial charge is 0.478 e. The lowest BCUT2D eigenvalue weighted by Gasteiger charge is -2.28. The van der Waals surface area contributed by atoms with Gasteiger partial charge in [0.25, 0.3) is 0 Å². The van der Waals surface area contributed by atoms with Crippen molar-refractivity contribution in [3.63, 3.8) is 0 Å². The molecule has 0 aromatic heterocycles. The number of amides is 1. The van der Waals surface area contributed by atoms with E-state index in [1.165, 1.54) is 18.2 Å². The van der Waals surface area contributed by atoms with Gasteiger partial charge in [-0.15, -0.1) is 13.2 Å². The Balaban J connectivity index is 2.28. The summed E-state index contributed by atoms with van der Waals surface area (Å²) in [4.78, 5) is 23.4. The van der Waals surface area contributed by atoms with E-state index in [4.69, 9.17) is 18.0 Å². The highest BCUT2D eigenvalue weighted by Gasteiger charge is 2.39. The van der Waals surface area contributed by atoms with Crippen molar-refractivity contribution in [3.8, 4) is 5.75 Å². The van der Waals surface area contributed by atoms with Crippen molar-refractivity contribution in [2.24, 2.45) is 0 Å². The predicted octanol–water partition coefficient (Wildman–Crippen LogP) is 6.17. The van der Waals surface area contributed by atoms with Crippen LogP contribution in [0.1, 0.15) is 64.9 Å². The Hall–Kier alpha value is -2.61. The number of carbonyl (C=O) groups is 2. The van der Waals surface area contributed by atoms with Crippen LogP contribution in [-0.4, -0.2) is 65.3 Å². The molecule has 0 fully saturated rings. The first-order valence-electron chi connectivity index (χ1n) is 13.2. The zero-order valence-corrected chi connectivity index (χ0v) is 23.8. The maximum absolute atomic E-state index is 12.3. The molecule has 0 spiro atoms. The van der Waals surface area contributed by atoms with Crippen molar-refractivity contribution < 1.29 is 50.6 Å². The number of carboxylic acid groups (broad SMARTS) is 1. The molecule has 0 atom stereocenters. The maximum atomic E-state index is 12.3. The standard InChI is InChI=1S/C26H40F3NO8Si/c1-4-35-39(36-5-2,37-6-3)19-11-17-30-25(33)34-18-10-8-7-9-12-22(24(31)32)20-21-13-15-23(16-14-21)38-26(27,28)29/h13-16,20H,4-12,17-19H2,1-3H3,(H,30,33)(H,31,32)/b22-20+. The summed E-state index contributed by atoms with van der Waals surface area (Å²) < 4.78 is 63.1. The molecular weight excluding hydrogens is 539 g/mol. The number of rotatable bonds is 20. The van der Waals surface area contributed by atoms with Crippen LogP contribution < -0.4 is 10.1 Å². The largest absolute Gasteiger partial charge is 0.573 e. The van der Waals surface area contributed by atoms with Gasteiger partial charge in [0.1, 0.15) is 5.75 Å². The zero-order valence-electron chi connectivity index (χ0n) is 22.8. The molecule has 0 saturated carbocycles. The molecule has 2 N–H and O–H groups in total. The van der Waals surface area contributed by atoms with Crippen LogP contribution in [0.2, 0.25) is 6.04 Å². The fourth-order valence-corrected chi connectivity index (χ4v) is 6.30. The van der Waals surface area contributed by atoms with Gasteiger partial charge >= 0.3 is 27.2 Å². The van der Waals surface area contributed by atoms with Crippen LogP contribution in [0.15, 0.2) is 29.8 Å². The minimum atomic E-state index is -4.79. The second kappa shape index (κ2) is 18.6. The van der Waals surface area contributed by atoms with Gasteiger partial charge in [0, 0.05) is 38.0 Å². The van der Waals surface area contributed by atoms with Crippen LogP contribution in [-0.2, 0) is 22.8 Å². The fourth-order valence-electron chi connectivity index (χ4n) is 3.69. The first kappa shape index (κ1) is 34.4. The van der Waals surface area contributed by atoms with Gasteiger partial charge in [0.15, 0.2) is 0 Å². The molecule has 1 amide bonds. The predicted molar refractivity (Wildman–Crippen MR) is 141 cm³/mol. The Bertz CT molecular complexity index is 864. The molecule has 222 valence electrons. The van der Waals surface area contributed by atoms with Crippen molar-refractivity contribution in [2.45, 2.75) is 71.7 Å². The molecule has 1 aromatic rings. The number of carbonyl (C=O) groups excluding carboxylic acids is 1. The number of hydrogen-bond donors (Lipinski definition) is 2. The molecule has 0 heterocycles. The van der Waals surface area contributed by atoms with E-state index in [1.54, 1.807) is 0 Å². The highest BCUT2D eigenvalue weighted by Crippen LogP contribution is 2.24. The second-order valence-electron chi connectivity index (χ2n) is 8.40. The average molecular weight is 580 g/mol. The number of alkyl carbamates (subject to hydrolysis) is 1. The Labute approximate surface area is 229 Å². The highest BCUT2D eigenvalue weighted by atomic mass is 28.4. The maximum Gasteiger partial charge on any atom is 0.573 e. The minimum absolute atomic E-state index is 0.153. The topological polar surface area (TPSA) is 113 Å². The molecule has 1 aromatic carbocycles. The SMILES string of the molecule is CCO[Si](CCCNC(=O)OCCCCCC/C(=C\c1ccc(OC(F)(F)F)cc1)C(=O)O)(OCC)OCC. The minimum Gasteiger partial charge on any atom is -0.478 e. The molecule has 1 rings (SSSR count). The van der Waals surface area contributed by atoms with Gasteiger partial charge in [-0.1, -0.05) is 25.0 Å². The number of carboxylic acids is 1. The quantitative estimate of drug-likeness (QED) is 0.107. The van der Waals surface area contributed by atoms with Crippen LogP contribution in [0, 0.1) is 0 Å². The van der Waals surface area contributed by atoms with Crippen molar-refractivity contribution >= 4 is 26.9 Å². The van der Waals surface area contributed by atoms with Gasteiger partial charge in [-0.25, -0.2) is 9.59 Å². The first-order valence-corrected chi connectivity index (χ1v) is 15.1. The Morgan fingerprint density at radius 2 is 1.51 bits per heavy atom. The van der Waals surface area contributed by atoms with E-state index in [2.05, 4.69) is 10.1 Å².